The number of likely N-dealkylation sites (N-methyl/N-ethyl adjacent to an activating group) is 1. The number of fused-ring (bicyclic) bond motifs is 1. The van der Waals surface area contributed by atoms with Crippen LogP contribution in [0.2, 0.25) is 5.02 Å². The number of thiazole rings is 1. The fourth-order valence-corrected chi connectivity index (χ4v) is 4.37. The van der Waals surface area contributed by atoms with Crippen molar-refractivity contribution in [3.8, 4) is 0 Å². The summed E-state index contributed by atoms with van der Waals surface area (Å²) in [5.74, 6) is -0.0801. The van der Waals surface area contributed by atoms with Gasteiger partial charge in [0.2, 0.25) is 0 Å². The highest BCUT2D eigenvalue weighted by Gasteiger charge is 2.25. The second-order valence-corrected chi connectivity index (χ2v) is 8.29. The van der Waals surface area contributed by atoms with Gasteiger partial charge < -0.3 is 4.90 Å². The second kappa shape index (κ2) is 9.03. The predicted octanol–water partition coefficient (Wildman–Crippen LogP) is 4.72. The Morgan fingerprint density at radius 2 is 1.96 bits per heavy atom. The summed E-state index contributed by atoms with van der Waals surface area (Å²) in [7, 11) is 0. The van der Waals surface area contributed by atoms with Crippen LogP contribution in [-0.2, 0) is 0 Å². The summed E-state index contributed by atoms with van der Waals surface area (Å²) in [5.41, 5.74) is 1.43. The summed E-state index contributed by atoms with van der Waals surface area (Å²) in [5, 5.41) is 5.67. The molecule has 2 aromatic heterocycles. The summed E-state index contributed by atoms with van der Waals surface area (Å²) in [6.45, 7) is 11.5. The van der Waals surface area contributed by atoms with E-state index in [1.807, 2.05) is 32.0 Å². The van der Waals surface area contributed by atoms with Crippen LogP contribution in [0.5, 0.6) is 0 Å². The van der Waals surface area contributed by atoms with E-state index in [1.54, 1.807) is 21.8 Å². The third-order valence-electron chi connectivity index (χ3n) is 4.73. The van der Waals surface area contributed by atoms with Gasteiger partial charge in [-0.3, -0.25) is 14.4 Å². The Hall–Kier alpha value is -1.96. The number of hydrogen-bond acceptors (Lipinski definition) is 5. The van der Waals surface area contributed by atoms with Gasteiger partial charge in [0.15, 0.2) is 5.13 Å². The van der Waals surface area contributed by atoms with Gasteiger partial charge in [0.05, 0.1) is 10.2 Å². The van der Waals surface area contributed by atoms with Crippen LogP contribution in [0.25, 0.3) is 10.2 Å². The molecule has 3 rings (SSSR count). The highest BCUT2D eigenvalue weighted by Crippen LogP contribution is 2.31. The van der Waals surface area contributed by atoms with Gasteiger partial charge in [0.25, 0.3) is 5.91 Å². The zero-order valence-electron chi connectivity index (χ0n) is 16.7. The van der Waals surface area contributed by atoms with Crippen molar-refractivity contribution in [2.75, 3.05) is 31.1 Å². The maximum absolute atomic E-state index is 13.5. The minimum atomic E-state index is -0.0801. The zero-order valence-corrected chi connectivity index (χ0v) is 18.3. The van der Waals surface area contributed by atoms with E-state index >= 15 is 0 Å². The van der Waals surface area contributed by atoms with Crippen LogP contribution in [0.15, 0.2) is 30.5 Å². The molecule has 6 nitrogen and oxygen atoms in total. The van der Waals surface area contributed by atoms with E-state index in [9.17, 15) is 4.79 Å². The molecule has 0 bridgehead atoms. The molecule has 0 aliphatic rings. The normalized spacial score (nSPS) is 11.7. The highest BCUT2D eigenvalue weighted by atomic mass is 35.5. The van der Waals surface area contributed by atoms with Crippen LogP contribution < -0.4 is 4.90 Å². The first kappa shape index (κ1) is 20.8. The number of carbonyl (C=O) groups excluding carboxylic acids is 1. The van der Waals surface area contributed by atoms with Gasteiger partial charge in [0.1, 0.15) is 5.69 Å². The number of halogens is 1. The van der Waals surface area contributed by atoms with Crippen molar-refractivity contribution >= 4 is 44.2 Å². The SMILES string of the molecule is CCN(CC)CCN(C(=O)c1ccnn1C(C)C)c1nc2ccc(Cl)cc2s1. The van der Waals surface area contributed by atoms with Crippen LogP contribution in [0.4, 0.5) is 5.13 Å². The molecule has 28 heavy (non-hydrogen) atoms. The van der Waals surface area contributed by atoms with E-state index in [4.69, 9.17) is 16.6 Å². The first-order valence-corrected chi connectivity index (χ1v) is 10.8. The molecule has 2 heterocycles. The Labute approximate surface area is 174 Å². The fourth-order valence-electron chi connectivity index (χ4n) is 3.10. The highest BCUT2D eigenvalue weighted by molar-refractivity contribution is 7.22. The van der Waals surface area contributed by atoms with Gasteiger partial charge in [-0.1, -0.05) is 36.8 Å². The van der Waals surface area contributed by atoms with E-state index in [0.717, 1.165) is 29.9 Å². The molecule has 150 valence electrons. The maximum atomic E-state index is 13.5. The standard InChI is InChI=1S/C20H26ClN5OS/c1-5-24(6-2)11-12-25(19(27)17-9-10-22-26(17)14(3)4)20-23-16-8-7-15(21)13-18(16)28-20/h7-10,13-14H,5-6,11-12H2,1-4H3. The largest absolute Gasteiger partial charge is 0.302 e. The molecular formula is C20H26ClN5OS. The third kappa shape index (κ3) is 4.37. The first-order chi connectivity index (χ1) is 13.4. The Kier molecular flexibility index (Phi) is 6.69. The molecule has 0 aliphatic carbocycles. The Bertz CT molecular complexity index is 947. The van der Waals surface area contributed by atoms with Gasteiger partial charge in [0, 0.05) is 30.4 Å². The molecule has 0 unspecified atom stereocenters. The van der Waals surface area contributed by atoms with Gasteiger partial charge >= 0.3 is 0 Å². The van der Waals surface area contributed by atoms with Crippen molar-refractivity contribution in [3.63, 3.8) is 0 Å². The second-order valence-electron chi connectivity index (χ2n) is 6.85. The molecular weight excluding hydrogens is 394 g/mol. The molecule has 0 saturated carbocycles. The van der Waals surface area contributed by atoms with Crippen molar-refractivity contribution < 1.29 is 4.79 Å². The molecule has 0 aliphatic heterocycles. The van der Waals surface area contributed by atoms with Crippen molar-refractivity contribution in [1.29, 1.82) is 0 Å². The molecule has 0 fully saturated rings. The summed E-state index contributed by atoms with van der Waals surface area (Å²) in [4.78, 5) is 22.2. The van der Waals surface area contributed by atoms with Crippen molar-refractivity contribution in [1.82, 2.24) is 19.7 Å². The van der Waals surface area contributed by atoms with E-state index < -0.39 is 0 Å². The molecule has 0 spiro atoms. The van der Waals surface area contributed by atoms with E-state index in [1.165, 1.54) is 11.3 Å². The van der Waals surface area contributed by atoms with Crippen LogP contribution in [0, 0.1) is 0 Å². The summed E-state index contributed by atoms with van der Waals surface area (Å²) in [6, 6.07) is 7.49. The average Bonchev–Trinajstić information content (AvgIpc) is 3.31. The van der Waals surface area contributed by atoms with Gasteiger partial charge in [-0.2, -0.15) is 5.10 Å². The number of nitrogens with zero attached hydrogens (tertiary/aromatic N) is 5. The smallest absolute Gasteiger partial charge is 0.278 e. The molecule has 0 radical (unpaired) electrons. The molecule has 0 atom stereocenters. The Morgan fingerprint density at radius 3 is 2.64 bits per heavy atom. The summed E-state index contributed by atoms with van der Waals surface area (Å²) < 4.78 is 2.73. The lowest BCUT2D eigenvalue weighted by Crippen LogP contribution is -2.39. The van der Waals surface area contributed by atoms with Gasteiger partial charge in [-0.25, -0.2) is 4.98 Å². The van der Waals surface area contributed by atoms with E-state index in [2.05, 4.69) is 23.8 Å². The number of hydrogen-bond donors (Lipinski definition) is 0. The Balaban J connectivity index is 1.98. The minimum absolute atomic E-state index is 0.0801. The summed E-state index contributed by atoms with van der Waals surface area (Å²) in [6.07, 6.45) is 1.67. The lowest BCUT2D eigenvalue weighted by Gasteiger charge is -2.25. The van der Waals surface area contributed by atoms with Gasteiger partial charge in [-0.05, 0) is 51.2 Å². The van der Waals surface area contributed by atoms with Crippen LogP contribution in [-0.4, -0.2) is 51.8 Å². The van der Waals surface area contributed by atoms with Crippen molar-refractivity contribution in [2.45, 2.75) is 33.7 Å². The van der Waals surface area contributed by atoms with Crippen LogP contribution in [0.1, 0.15) is 44.2 Å². The molecule has 0 N–H and O–H groups in total. The van der Waals surface area contributed by atoms with Crippen molar-refractivity contribution in [2.24, 2.45) is 0 Å². The van der Waals surface area contributed by atoms with E-state index in [0.29, 0.717) is 22.4 Å². The van der Waals surface area contributed by atoms with Crippen LogP contribution in [0.3, 0.4) is 0 Å². The van der Waals surface area contributed by atoms with Crippen molar-refractivity contribution in [3.05, 3.63) is 41.2 Å². The molecule has 0 saturated heterocycles. The number of carbonyl (C=O) groups is 1. The average molecular weight is 420 g/mol. The van der Waals surface area contributed by atoms with Crippen LogP contribution >= 0.6 is 22.9 Å². The lowest BCUT2D eigenvalue weighted by molar-refractivity contribution is 0.0971. The van der Waals surface area contributed by atoms with Gasteiger partial charge in [-0.15, -0.1) is 0 Å². The number of benzene rings is 1. The summed E-state index contributed by atoms with van der Waals surface area (Å²) >= 11 is 7.61. The number of rotatable bonds is 8. The molecule has 8 heteroatoms. The topological polar surface area (TPSA) is 54.3 Å². The third-order valence-corrected chi connectivity index (χ3v) is 6.00. The molecule has 1 aromatic carbocycles. The first-order valence-electron chi connectivity index (χ1n) is 9.58. The number of anilines is 1. The number of aromatic nitrogens is 3. The fraction of sp³-hybridized carbons (Fsp3) is 0.450. The number of amides is 1. The molecule has 1 amide bonds. The quantitative estimate of drug-likeness (QED) is 0.530. The van der Waals surface area contributed by atoms with E-state index in [-0.39, 0.29) is 11.9 Å². The Morgan fingerprint density at radius 1 is 1.21 bits per heavy atom. The zero-order chi connectivity index (χ0) is 20.3. The molecule has 3 aromatic rings. The lowest BCUT2D eigenvalue weighted by atomic mass is 10.3. The monoisotopic (exact) mass is 419 g/mol. The minimum Gasteiger partial charge on any atom is -0.302 e. The maximum Gasteiger partial charge on any atom is 0.278 e. The predicted molar refractivity (Wildman–Crippen MR) is 117 cm³/mol.